The Labute approximate surface area is 329 Å². The van der Waals surface area contributed by atoms with Crippen molar-refractivity contribution < 1.29 is 9.47 Å². The van der Waals surface area contributed by atoms with Gasteiger partial charge in [-0.15, -0.1) is 0 Å². The smallest absolute Gasteiger partial charge is 0.177 e. The Morgan fingerprint density at radius 2 is 0.625 bits per heavy atom. The van der Waals surface area contributed by atoms with E-state index in [1.54, 1.807) is 0 Å². The van der Waals surface area contributed by atoms with Crippen LogP contribution in [0.5, 0.6) is 11.5 Å². The van der Waals surface area contributed by atoms with Gasteiger partial charge >= 0.3 is 0 Å². The summed E-state index contributed by atoms with van der Waals surface area (Å²) in [4.78, 5) is 27.6. The molecule has 0 amide bonds. The molecule has 0 aliphatic rings. The molecule has 0 saturated heterocycles. The minimum atomic E-state index is -0.203. The first-order valence-corrected chi connectivity index (χ1v) is 20.6. The second-order valence-electron chi connectivity index (χ2n) is 14.5. The number of unbranched alkanes of at least 4 members (excludes halogenated alkanes) is 18. The van der Waals surface area contributed by atoms with Crippen LogP contribution >= 0.6 is 0 Å². The maximum absolute atomic E-state index is 9.79. The first kappa shape index (κ1) is 41.4. The third kappa shape index (κ3) is 10.7. The molecule has 3 aromatic heterocycles. The fourth-order valence-electron chi connectivity index (χ4n) is 7.01. The van der Waals surface area contributed by atoms with Crippen molar-refractivity contribution in [3.63, 3.8) is 0 Å². The number of hydrogen-bond donors (Lipinski definition) is 0. The van der Waals surface area contributed by atoms with Crippen LogP contribution in [0.15, 0.2) is 12.1 Å². The zero-order valence-electron chi connectivity index (χ0n) is 33.0. The van der Waals surface area contributed by atoms with Crippen molar-refractivity contribution in [2.45, 2.75) is 142 Å². The molecule has 5 aromatic rings. The lowest BCUT2D eigenvalue weighted by atomic mass is 10.1. The number of ether oxygens (including phenoxy) is 2. The second kappa shape index (κ2) is 22.0. The zero-order valence-corrected chi connectivity index (χ0v) is 33.0. The quantitative estimate of drug-likeness (QED) is 0.0329. The Morgan fingerprint density at radius 1 is 0.375 bits per heavy atom. The van der Waals surface area contributed by atoms with Gasteiger partial charge in [0.1, 0.15) is 57.4 Å². The average Bonchev–Trinajstić information content (AvgIpc) is 3.23. The second-order valence-corrected chi connectivity index (χ2v) is 14.5. The van der Waals surface area contributed by atoms with E-state index in [1.807, 2.05) is 36.4 Å². The highest BCUT2D eigenvalue weighted by Gasteiger charge is 2.22. The van der Waals surface area contributed by atoms with E-state index in [0.29, 0.717) is 35.7 Å². The van der Waals surface area contributed by atoms with E-state index in [9.17, 15) is 21.0 Å². The number of benzene rings is 2. The maximum Gasteiger partial charge on any atom is 0.177 e. The molecule has 0 N–H and O–H groups in total. The van der Waals surface area contributed by atoms with E-state index in [2.05, 4.69) is 33.8 Å². The van der Waals surface area contributed by atoms with E-state index in [0.717, 1.165) is 25.7 Å². The molecule has 5 rings (SSSR count). The Hall–Kier alpha value is -5.72. The Balaban J connectivity index is 1.42. The summed E-state index contributed by atoms with van der Waals surface area (Å²) in [5.74, 6) is 1.14. The van der Waals surface area contributed by atoms with Crippen molar-refractivity contribution in [1.82, 2.24) is 29.9 Å². The van der Waals surface area contributed by atoms with Crippen LogP contribution in [0.1, 0.15) is 165 Å². The minimum absolute atomic E-state index is 0.124. The third-order valence-electron chi connectivity index (χ3n) is 10.1. The van der Waals surface area contributed by atoms with Crippen molar-refractivity contribution in [3.8, 4) is 35.8 Å². The molecule has 290 valence electrons. The van der Waals surface area contributed by atoms with Crippen LogP contribution in [-0.4, -0.2) is 43.1 Å². The van der Waals surface area contributed by atoms with Crippen molar-refractivity contribution in [2.75, 3.05) is 13.2 Å². The molecule has 0 aliphatic heterocycles. The van der Waals surface area contributed by atoms with Crippen LogP contribution in [0.4, 0.5) is 0 Å². The lowest BCUT2D eigenvalue weighted by Gasteiger charge is -2.15. The summed E-state index contributed by atoms with van der Waals surface area (Å²) in [5, 5.41) is 39.0. The topological polar surface area (TPSA) is 191 Å². The monoisotopic (exact) mass is 752 g/mol. The molecule has 0 unspecified atom stereocenters. The molecule has 12 nitrogen and oxygen atoms in total. The van der Waals surface area contributed by atoms with Gasteiger partial charge in [0.15, 0.2) is 34.3 Å². The largest absolute Gasteiger partial charge is 0.490 e. The van der Waals surface area contributed by atoms with Crippen LogP contribution in [0, 0.1) is 45.3 Å². The number of fused-ring (bicyclic) bond motifs is 7. The van der Waals surface area contributed by atoms with Gasteiger partial charge in [-0.2, -0.15) is 21.0 Å². The molecule has 12 heteroatoms. The van der Waals surface area contributed by atoms with E-state index in [-0.39, 0.29) is 55.9 Å². The van der Waals surface area contributed by atoms with Gasteiger partial charge in [0, 0.05) is 12.1 Å². The SMILES string of the molecule is CCCCCCCCCCCCOc1cc2nc3c4nc(C#N)c(C#N)nc4c4nc(C#N)c(C#N)nc4c3nc2cc1OCCCCCCCCCCCC. The van der Waals surface area contributed by atoms with E-state index >= 15 is 0 Å². The molecule has 0 fully saturated rings. The van der Waals surface area contributed by atoms with Gasteiger partial charge in [0.25, 0.3) is 0 Å². The first-order valence-electron chi connectivity index (χ1n) is 20.6. The summed E-state index contributed by atoms with van der Waals surface area (Å²) in [5.41, 5.74) is 1.34. The fourth-order valence-corrected chi connectivity index (χ4v) is 7.01. The highest BCUT2D eigenvalue weighted by Crippen LogP contribution is 2.36. The lowest BCUT2D eigenvalue weighted by molar-refractivity contribution is 0.259. The van der Waals surface area contributed by atoms with Gasteiger partial charge < -0.3 is 9.47 Å². The van der Waals surface area contributed by atoms with Crippen molar-refractivity contribution >= 4 is 44.1 Å². The van der Waals surface area contributed by atoms with Gasteiger partial charge in [-0.05, 0) is 12.8 Å². The summed E-state index contributed by atoms with van der Waals surface area (Å²) in [7, 11) is 0. The highest BCUT2D eigenvalue weighted by atomic mass is 16.5. The molecule has 2 aromatic carbocycles. The predicted molar refractivity (Wildman–Crippen MR) is 217 cm³/mol. The summed E-state index contributed by atoms with van der Waals surface area (Å²) >= 11 is 0. The molecule has 0 radical (unpaired) electrons. The number of nitrogens with zero attached hydrogens (tertiary/aromatic N) is 10. The molecule has 0 aliphatic carbocycles. The fraction of sp³-hybridized carbons (Fsp3) is 0.545. The molecular weight excluding hydrogens is 701 g/mol. The average molecular weight is 753 g/mol. The number of nitriles is 4. The Bertz CT molecular complexity index is 2120. The van der Waals surface area contributed by atoms with Crippen molar-refractivity contribution in [2.24, 2.45) is 0 Å². The molecule has 56 heavy (non-hydrogen) atoms. The minimum Gasteiger partial charge on any atom is -0.490 e. The van der Waals surface area contributed by atoms with E-state index in [1.165, 1.54) is 103 Å². The van der Waals surface area contributed by atoms with Gasteiger partial charge in [0.2, 0.25) is 0 Å². The molecular formula is C44H52N10O2. The molecule has 0 atom stereocenters. The van der Waals surface area contributed by atoms with Crippen molar-refractivity contribution in [3.05, 3.63) is 34.9 Å². The predicted octanol–water partition coefficient (Wildman–Crippen LogP) is 10.8. The lowest BCUT2D eigenvalue weighted by Crippen LogP contribution is -2.05. The van der Waals surface area contributed by atoms with Crippen molar-refractivity contribution in [1.29, 1.82) is 21.0 Å². The van der Waals surface area contributed by atoms with Gasteiger partial charge in [-0.25, -0.2) is 29.9 Å². The van der Waals surface area contributed by atoms with Gasteiger partial charge in [-0.3, -0.25) is 0 Å². The van der Waals surface area contributed by atoms with E-state index < -0.39 is 0 Å². The molecule has 0 spiro atoms. The summed E-state index contributed by atoms with van der Waals surface area (Å²) in [6.07, 6.45) is 24.6. The van der Waals surface area contributed by atoms with Crippen LogP contribution < -0.4 is 9.47 Å². The standard InChI is InChI=1S/C44H52N10O2/c1-3-5-7-9-11-13-15-17-19-21-23-55-37-25-31-32(26-38(37)56-24-22-20-18-16-14-12-10-8-6-4-2)50-40-39(49-31)41-43(53-35(29-47)33(27-45)51-41)44-42(40)52-34(28-46)36(30-48)54-44/h25-26H,3-24H2,1-2H3. The number of rotatable bonds is 24. The first-order chi connectivity index (χ1) is 27.6. The highest BCUT2D eigenvalue weighted by molar-refractivity contribution is 6.19. The molecule has 3 heterocycles. The van der Waals surface area contributed by atoms with Gasteiger partial charge in [0.05, 0.1) is 24.2 Å². The normalized spacial score (nSPS) is 11.1. The van der Waals surface area contributed by atoms with Crippen LogP contribution in [0.2, 0.25) is 0 Å². The Kier molecular flexibility index (Phi) is 16.3. The van der Waals surface area contributed by atoms with Crippen LogP contribution in [-0.2, 0) is 0 Å². The van der Waals surface area contributed by atoms with Gasteiger partial charge in [-0.1, -0.05) is 129 Å². The number of hydrogen-bond acceptors (Lipinski definition) is 12. The molecule has 0 bridgehead atoms. The van der Waals surface area contributed by atoms with E-state index in [4.69, 9.17) is 19.4 Å². The Morgan fingerprint density at radius 3 is 0.893 bits per heavy atom. The maximum atomic E-state index is 9.79. The van der Waals surface area contributed by atoms with Crippen LogP contribution in [0.3, 0.4) is 0 Å². The zero-order chi connectivity index (χ0) is 39.5. The van der Waals surface area contributed by atoms with Crippen LogP contribution in [0.25, 0.3) is 44.1 Å². The summed E-state index contributed by atoms with van der Waals surface area (Å²) in [6.45, 7) is 5.56. The third-order valence-corrected chi connectivity index (χ3v) is 10.1. The molecule has 0 saturated carbocycles. The summed E-state index contributed by atoms with van der Waals surface area (Å²) in [6, 6.07) is 11.3. The summed E-state index contributed by atoms with van der Waals surface area (Å²) < 4.78 is 12.7. The number of aromatic nitrogens is 6.